The van der Waals surface area contributed by atoms with Crippen LogP contribution in [0.1, 0.15) is 25.7 Å². The van der Waals surface area contributed by atoms with Crippen molar-refractivity contribution in [1.82, 2.24) is 4.98 Å². The number of rotatable bonds is 3. The minimum Gasteiger partial charge on any atom is -0.501 e. The van der Waals surface area contributed by atoms with Gasteiger partial charge in [-0.15, -0.1) is 0 Å². The molecule has 1 aromatic heterocycles. The average Bonchev–Trinajstić information content (AvgIpc) is 2.94. The molecule has 2 N–H and O–H groups in total. The third kappa shape index (κ3) is 3.24. The molecule has 1 aromatic rings. The molecule has 1 aliphatic heterocycles. The normalized spacial score (nSPS) is 25.3. The van der Waals surface area contributed by atoms with Gasteiger partial charge in [0.05, 0.1) is 24.9 Å². The Morgan fingerprint density at radius 3 is 2.67 bits per heavy atom. The number of ether oxygens (including phenoxy) is 2. The van der Waals surface area contributed by atoms with E-state index in [4.69, 9.17) is 9.47 Å². The van der Waals surface area contributed by atoms with Gasteiger partial charge in [-0.1, -0.05) is 0 Å². The van der Waals surface area contributed by atoms with Gasteiger partial charge in [0.1, 0.15) is 0 Å². The number of hydrogen-bond donors (Lipinski definition) is 2. The Morgan fingerprint density at radius 1 is 1.33 bits per heavy atom. The van der Waals surface area contributed by atoms with Crippen LogP contribution in [-0.4, -0.2) is 46.0 Å². The number of aromatic hydroxyl groups is 1. The molecule has 0 bridgehead atoms. The number of hydrogen-bond acceptors (Lipinski definition) is 7. The lowest BCUT2D eigenvalue weighted by molar-refractivity contribution is -0.390. The Balaban J connectivity index is 1.75. The van der Waals surface area contributed by atoms with E-state index in [1.807, 2.05) is 0 Å². The van der Waals surface area contributed by atoms with Crippen molar-refractivity contribution >= 4 is 11.5 Å². The first kappa shape index (κ1) is 16.8. The Hall–Kier alpha value is -2.07. The van der Waals surface area contributed by atoms with Crippen LogP contribution < -0.4 is 5.32 Å². The van der Waals surface area contributed by atoms with Gasteiger partial charge < -0.3 is 30.0 Å². The molecule has 8 nitrogen and oxygen atoms in total. The Bertz CT molecular complexity index is 637. The summed E-state index contributed by atoms with van der Waals surface area (Å²) in [6.45, 7) is 0.785. The van der Waals surface area contributed by atoms with Gasteiger partial charge in [0.15, 0.2) is 12.0 Å². The van der Waals surface area contributed by atoms with Crippen molar-refractivity contribution < 1.29 is 28.3 Å². The summed E-state index contributed by atoms with van der Waals surface area (Å²) in [5.41, 5.74) is 0.0898. The van der Waals surface area contributed by atoms with E-state index < -0.39 is 40.7 Å². The minimum atomic E-state index is -3.02. The van der Waals surface area contributed by atoms with Crippen LogP contribution >= 0.6 is 0 Å². The molecule has 2 fully saturated rings. The number of nitro groups is 1. The first-order chi connectivity index (χ1) is 11.3. The van der Waals surface area contributed by atoms with Gasteiger partial charge in [0, 0.05) is 25.3 Å². The molecule has 1 saturated heterocycles. The smallest absolute Gasteiger partial charge is 0.406 e. The zero-order valence-corrected chi connectivity index (χ0v) is 12.7. The van der Waals surface area contributed by atoms with E-state index in [2.05, 4.69) is 10.3 Å². The SMILES string of the molecule is O=[N+]([O-])c1ncc(NC2CCC3(CCC2(F)F)OCCO3)cc1O. The summed E-state index contributed by atoms with van der Waals surface area (Å²) in [5, 5.41) is 22.8. The highest BCUT2D eigenvalue weighted by molar-refractivity contribution is 5.52. The number of aromatic nitrogens is 1. The first-order valence-corrected chi connectivity index (χ1v) is 7.57. The number of nitrogens with zero attached hydrogens (tertiary/aromatic N) is 2. The van der Waals surface area contributed by atoms with E-state index in [-0.39, 0.29) is 18.5 Å². The Kier molecular flexibility index (Phi) is 4.26. The van der Waals surface area contributed by atoms with E-state index in [0.29, 0.717) is 19.6 Å². The fourth-order valence-corrected chi connectivity index (χ4v) is 3.06. The lowest BCUT2D eigenvalue weighted by Crippen LogP contribution is -2.38. The van der Waals surface area contributed by atoms with Crippen molar-refractivity contribution in [2.75, 3.05) is 18.5 Å². The highest BCUT2D eigenvalue weighted by atomic mass is 19.3. The molecule has 1 unspecified atom stereocenters. The fraction of sp³-hybridized carbons (Fsp3) is 0.643. The third-order valence-corrected chi connectivity index (χ3v) is 4.34. The van der Waals surface area contributed by atoms with E-state index in [9.17, 15) is 24.0 Å². The predicted molar refractivity (Wildman–Crippen MR) is 78.0 cm³/mol. The van der Waals surface area contributed by atoms with Gasteiger partial charge in [-0.05, 0) is 16.3 Å². The maximum Gasteiger partial charge on any atom is 0.406 e. The number of alkyl halides is 2. The summed E-state index contributed by atoms with van der Waals surface area (Å²) in [6, 6.07) is -0.197. The topological polar surface area (TPSA) is 107 Å². The van der Waals surface area contributed by atoms with Crippen LogP contribution in [0.3, 0.4) is 0 Å². The van der Waals surface area contributed by atoms with Crippen molar-refractivity contribution in [3.05, 3.63) is 22.4 Å². The van der Waals surface area contributed by atoms with Gasteiger partial charge >= 0.3 is 5.82 Å². The molecule has 2 heterocycles. The maximum absolute atomic E-state index is 14.4. The molecule has 132 valence electrons. The summed E-state index contributed by atoms with van der Waals surface area (Å²) in [7, 11) is 0. The van der Waals surface area contributed by atoms with Crippen LogP contribution in [-0.2, 0) is 9.47 Å². The van der Waals surface area contributed by atoms with Gasteiger partial charge in [0.2, 0.25) is 5.75 Å². The van der Waals surface area contributed by atoms with Crippen molar-refractivity contribution in [1.29, 1.82) is 0 Å². The van der Waals surface area contributed by atoms with Gasteiger partial charge in [-0.3, -0.25) is 0 Å². The van der Waals surface area contributed by atoms with E-state index in [0.717, 1.165) is 12.3 Å². The number of halogens is 2. The van der Waals surface area contributed by atoms with Crippen LogP contribution in [0.5, 0.6) is 5.75 Å². The zero-order valence-electron chi connectivity index (χ0n) is 12.7. The van der Waals surface area contributed by atoms with E-state index in [1.165, 1.54) is 0 Å². The molecule has 1 spiro atoms. The largest absolute Gasteiger partial charge is 0.501 e. The molecule has 10 heteroatoms. The van der Waals surface area contributed by atoms with Crippen molar-refractivity contribution in [3.63, 3.8) is 0 Å². The van der Waals surface area contributed by atoms with Gasteiger partial charge in [-0.2, -0.15) is 0 Å². The van der Waals surface area contributed by atoms with E-state index in [1.54, 1.807) is 0 Å². The summed E-state index contributed by atoms with van der Waals surface area (Å²) >= 11 is 0. The number of nitrogens with one attached hydrogen (secondary N) is 1. The maximum atomic E-state index is 14.4. The molecular formula is C14H17F2N3O5. The Morgan fingerprint density at radius 2 is 2.04 bits per heavy atom. The molecule has 3 rings (SSSR count). The van der Waals surface area contributed by atoms with Crippen LogP contribution in [0.25, 0.3) is 0 Å². The molecule has 24 heavy (non-hydrogen) atoms. The molecule has 1 aliphatic carbocycles. The Labute approximate surface area is 135 Å². The van der Waals surface area contributed by atoms with Crippen LogP contribution in [0, 0.1) is 10.1 Å². The lowest BCUT2D eigenvalue weighted by Gasteiger charge is -2.26. The summed E-state index contributed by atoms with van der Waals surface area (Å²) in [4.78, 5) is 13.3. The highest BCUT2D eigenvalue weighted by Gasteiger charge is 2.49. The van der Waals surface area contributed by atoms with Crippen LogP contribution in [0.4, 0.5) is 20.3 Å². The zero-order chi connectivity index (χ0) is 17.4. The quantitative estimate of drug-likeness (QED) is 0.640. The van der Waals surface area contributed by atoms with Crippen molar-refractivity contribution in [3.8, 4) is 5.75 Å². The average molecular weight is 345 g/mol. The first-order valence-electron chi connectivity index (χ1n) is 7.57. The van der Waals surface area contributed by atoms with Crippen molar-refractivity contribution in [2.45, 2.75) is 43.4 Å². The van der Waals surface area contributed by atoms with E-state index >= 15 is 0 Å². The molecule has 1 atom stereocenters. The molecule has 0 radical (unpaired) electrons. The van der Waals surface area contributed by atoms with Crippen LogP contribution in [0.2, 0.25) is 0 Å². The standard InChI is InChI=1S/C14H17F2N3O5/c15-14(16)4-3-13(23-5-6-24-13)2-1-11(14)18-9-7-10(20)12(17-8-9)19(21)22/h7-8,11,18,20H,1-6H2. The minimum absolute atomic E-state index is 0.0880. The summed E-state index contributed by atoms with van der Waals surface area (Å²) < 4.78 is 39.8. The number of anilines is 1. The second-order valence-corrected chi connectivity index (χ2v) is 5.93. The highest BCUT2D eigenvalue weighted by Crippen LogP contribution is 2.42. The predicted octanol–water partition coefficient (Wildman–Crippen LogP) is 2.43. The third-order valence-electron chi connectivity index (χ3n) is 4.34. The molecule has 2 aliphatic rings. The summed E-state index contributed by atoms with van der Waals surface area (Å²) in [5.74, 6) is -5.37. The van der Waals surface area contributed by atoms with Gasteiger partial charge in [0.25, 0.3) is 5.92 Å². The number of pyridine rings is 1. The monoisotopic (exact) mass is 345 g/mol. The fourth-order valence-electron chi connectivity index (χ4n) is 3.06. The molecule has 1 saturated carbocycles. The second kappa shape index (κ2) is 6.10. The second-order valence-electron chi connectivity index (χ2n) is 5.93. The van der Waals surface area contributed by atoms with Crippen LogP contribution in [0.15, 0.2) is 12.3 Å². The lowest BCUT2D eigenvalue weighted by atomic mass is 10.0. The van der Waals surface area contributed by atoms with Gasteiger partial charge in [-0.25, -0.2) is 8.78 Å². The van der Waals surface area contributed by atoms with Crippen molar-refractivity contribution in [2.24, 2.45) is 0 Å². The summed E-state index contributed by atoms with van der Waals surface area (Å²) in [6.07, 6.45) is 1.15. The molecular weight excluding hydrogens is 328 g/mol. The molecule has 0 aromatic carbocycles. The molecule has 0 amide bonds.